The van der Waals surface area contributed by atoms with E-state index in [0.29, 0.717) is 6.61 Å². The minimum absolute atomic E-state index is 0.0949. The summed E-state index contributed by atoms with van der Waals surface area (Å²) >= 11 is 0. The van der Waals surface area contributed by atoms with Gasteiger partial charge in [0.1, 0.15) is 12.7 Å². The number of terminal acetylenes is 1. The van der Waals surface area contributed by atoms with Crippen molar-refractivity contribution in [2.24, 2.45) is 0 Å². The van der Waals surface area contributed by atoms with E-state index >= 15 is 0 Å². The van der Waals surface area contributed by atoms with Gasteiger partial charge >= 0.3 is 0 Å². The summed E-state index contributed by atoms with van der Waals surface area (Å²) in [6, 6.07) is 0. The van der Waals surface area contributed by atoms with Gasteiger partial charge in [-0.25, -0.2) is 9.34 Å². The zero-order chi connectivity index (χ0) is 19.2. The molecule has 152 valence electrons. The lowest BCUT2D eigenvalue weighted by Crippen LogP contribution is -2.41. The van der Waals surface area contributed by atoms with Crippen LogP contribution in [-0.2, 0) is 9.26 Å². The largest absolute Gasteiger partial charge is 0.362 e. The van der Waals surface area contributed by atoms with Crippen LogP contribution in [0.3, 0.4) is 0 Å². The van der Waals surface area contributed by atoms with Crippen molar-refractivity contribution >= 4 is 30.0 Å². The number of hydrogen-bond acceptors (Lipinski definition) is 6. The van der Waals surface area contributed by atoms with Crippen molar-refractivity contribution in [3.8, 4) is 12.3 Å². The molecule has 1 rings (SSSR count). The maximum absolute atomic E-state index is 6.82. The van der Waals surface area contributed by atoms with Crippen LogP contribution in [0.4, 0.5) is 0 Å². The molecule has 2 unspecified atom stereocenters. The van der Waals surface area contributed by atoms with Gasteiger partial charge in [0.25, 0.3) is 0 Å². The van der Waals surface area contributed by atoms with E-state index in [9.17, 15) is 0 Å². The minimum atomic E-state index is -0.763. The lowest BCUT2D eigenvalue weighted by molar-refractivity contribution is 0.0107. The number of nitrogens with zero attached hydrogens (tertiary/aromatic N) is 2. The van der Waals surface area contributed by atoms with Crippen LogP contribution in [-0.4, -0.2) is 65.8 Å². The fourth-order valence-corrected chi connectivity index (χ4v) is 7.98. The molecule has 0 aromatic rings. The number of ether oxygens (including phenoxy) is 1. The molecule has 0 bridgehead atoms. The molecule has 0 N–H and O–H groups in total. The van der Waals surface area contributed by atoms with Gasteiger partial charge in [-0.1, -0.05) is 55.2 Å². The van der Waals surface area contributed by atoms with Gasteiger partial charge in [-0.3, -0.25) is 0 Å². The van der Waals surface area contributed by atoms with Crippen molar-refractivity contribution in [2.75, 3.05) is 44.3 Å². The van der Waals surface area contributed by atoms with Crippen LogP contribution in [0.2, 0.25) is 0 Å². The molecule has 0 amide bonds. The molecule has 0 aliphatic carbocycles. The Bertz CT molecular complexity index is 370. The molecule has 1 fully saturated rings. The minimum Gasteiger partial charge on any atom is -0.362 e. The third-order valence-electron chi connectivity index (χ3n) is 3.98. The maximum Gasteiger partial charge on any atom is 0.188 e. The second-order valence-corrected chi connectivity index (χ2v) is 10.8. The fourth-order valence-electron chi connectivity index (χ4n) is 2.89. The Kier molecular flexibility index (Phi) is 14.6. The summed E-state index contributed by atoms with van der Waals surface area (Å²) < 4.78 is 17.9. The van der Waals surface area contributed by atoms with E-state index < -0.39 is 8.45 Å². The zero-order valence-corrected chi connectivity index (χ0v) is 19.5. The molecule has 26 heavy (non-hydrogen) atoms. The van der Waals surface area contributed by atoms with Crippen molar-refractivity contribution in [1.29, 1.82) is 0 Å². The molecule has 0 aromatic carbocycles. The lowest BCUT2D eigenvalue weighted by atomic mass is 10.2. The Hall–Kier alpha value is 0.530. The van der Waals surface area contributed by atoms with E-state index in [1.807, 2.05) is 21.6 Å². The fraction of sp³-hybridized carbons (Fsp3) is 0.895. The summed E-state index contributed by atoms with van der Waals surface area (Å²) in [7, 11) is 2.99. The smallest absolute Gasteiger partial charge is 0.188 e. The summed E-state index contributed by atoms with van der Waals surface area (Å²) in [6.45, 7) is 13.8. The Morgan fingerprint density at radius 1 is 0.885 bits per heavy atom. The first-order valence-corrected chi connectivity index (χ1v) is 13.6. The van der Waals surface area contributed by atoms with Crippen molar-refractivity contribution < 1.29 is 9.26 Å². The molecule has 2 atom stereocenters. The molecular weight excluding hydrogens is 383 g/mol. The Labute approximate surface area is 170 Å². The normalized spacial score (nSPS) is 20.8. The molecular formula is C19H37N2O2PS2. The quantitative estimate of drug-likeness (QED) is 0.216. The summed E-state index contributed by atoms with van der Waals surface area (Å²) in [5.74, 6) is 4.52. The van der Waals surface area contributed by atoms with E-state index in [-0.39, 0.29) is 12.2 Å². The molecule has 1 aliphatic heterocycles. The topological polar surface area (TPSA) is 24.9 Å². The molecule has 0 spiro atoms. The second-order valence-electron chi connectivity index (χ2n) is 6.43. The Morgan fingerprint density at radius 3 is 1.77 bits per heavy atom. The highest BCUT2D eigenvalue weighted by Gasteiger charge is 2.34. The predicted molar refractivity (Wildman–Crippen MR) is 120 cm³/mol. The van der Waals surface area contributed by atoms with Gasteiger partial charge in [0.2, 0.25) is 0 Å². The van der Waals surface area contributed by atoms with E-state index in [1.165, 1.54) is 0 Å². The highest BCUT2D eigenvalue weighted by molar-refractivity contribution is 8.76. The van der Waals surface area contributed by atoms with Gasteiger partial charge in [0.15, 0.2) is 8.45 Å². The molecule has 0 radical (unpaired) electrons. The Morgan fingerprint density at radius 2 is 1.35 bits per heavy atom. The lowest BCUT2D eigenvalue weighted by Gasteiger charge is -2.41. The Balaban J connectivity index is 2.94. The summed E-state index contributed by atoms with van der Waals surface area (Å²) in [5, 5.41) is 0. The average Bonchev–Trinajstić information content (AvgIpc) is 2.65. The molecule has 4 nitrogen and oxygen atoms in total. The van der Waals surface area contributed by atoms with Crippen LogP contribution >= 0.6 is 30.0 Å². The molecule has 1 heterocycles. The van der Waals surface area contributed by atoms with Crippen LogP contribution in [0, 0.1) is 12.3 Å². The van der Waals surface area contributed by atoms with Crippen molar-refractivity contribution in [3.63, 3.8) is 0 Å². The van der Waals surface area contributed by atoms with Gasteiger partial charge in [0.05, 0.1) is 6.10 Å². The van der Waals surface area contributed by atoms with Crippen LogP contribution < -0.4 is 0 Å². The second kappa shape index (κ2) is 15.5. The van der Waals surface area contributed by atoms with E-state index in [4.69, 9.17) is 15.7 Å². The van der Waals surface area contributed by atoms with Crippen LogP contribution in [0.15, 0.2) is 0 Å². The molecule has 7 heteroatoms. The highest BCUT2D eigenvalue weighted by atomic mass is 33.1. The van der Waals surface area contributed by atoms with Crippen molar-refractivity contribution in [2.45, 2.75) is 65.6 Å². The van der Waals surface area contributed by atoms with Crippen LogP contribution in [0.1, 0.15) is 53.4 Å². The summed E-state index contributed by atoms with van der Waals surface area (Å²) in [6.07, 6.45) is 10.2. The number of rotatable bonds is 14. The van der Waals surface area contributed by atoms with E-state index in [0.717, 1.165) is 63.4 Å². The monoisotopic (exact) mass is 420 g/mol. The van der Waals surface area contributed by atoms with Gasteiger partial charge in [0, 0.05) is 37.7 Å². The summed E-state index contributed by atoms with van der Waals surface area (Å²) in [4.78, 5) is 0. The third-order valence-corrected chi connectivity index (χ3v) is 8.62. The summed E-state index contributed by atoms with van der Waals surface area (Å²) in [5.41, 5.74) is 0. The SMILES string of the molecule is C#CCOC1CSSCC1OP(N(CCC)CCC)N(CCC)CCC. The van der Waals surface area contributed by atoms with Crippen molar-refractivity contribution in [3.05, 3.63) is 0 Å². The van der Waals surface area contributed by atoms with Gasteiger partial charge in [-0.05, 0) is 25.7 Å². The first kappa shape index (κ1) is 24.6. The van der Waals surface area contributed by atoms with Gasteiger partial charge in [-0.2, -0.15) is 0 Å². The highest BCUT2D eigenvalue weighted by Crippen LogP contribution is 2.49. The zero-order valence-electron chi connectivity index (χ0n) is 17.0. The van der Waals surface area contributed by atoms with E-state index in [2.05, 4.69) is 43.0 Å². The average molecular weight is 421 g/mol. The maximum atomic E-state index is 6.82. The molecule has 0 aromatic heterocycles. The first-order chi connectivity index (χ1) is 12.7. The van der Waals surface area contributed by atoms with Crippen LogP contribution in [0.25, 0.3) is 0 Å². The number of hydrogen-bond donors (Lipinski definition) is 0. The van der Waals surface area contributed by atoms with Gasteiger partial charge < -0.3 is 9.26 Å². The van der Waals surface area contributed by atoms with E-state index in [1.54, 1.807) is 0 Å². The molecule has 1 saturated heterocycles. The van der Waals surface area contributed by atoms with Gasteiger partial charge in [-0.15, -0.1) is 6.42 Å². The standard InChI is InChI=1S/C19H37N2O2PS2/c1-6-11-20(12-7-2)24(21(13-8-3)14-9-4)23-19-17-26-25-16-18(19)22-15-10-5/h5,18-19H,6-9,11-17H2,1-4H3. The first-order valence-electron chi connectivity index (χ1n) is 9.97. The molecule has 1 aliphatic rings. The molecule has 0 saturated carbocycles. The van der Waals surface area contributed by atoms with Crippen molar-refractivity contribution in [1.82, 2.24) is 9.34 Å². The third kappa shape index (κ3) is 8.69. The van der Waals surface area contributed by atoms with Crippen LogP contribution in [0.5, 0.6) is 0 Å². The predicted octanol–water partition coefficient (Wildman–Crippen LogP) is 5.26.